The molecule has 0 bridgehead atoms. The van der Waals surface area contributed by atoms with Crippen LogP contribution in [0.5, 0.6) is 0 Å². The van der Waals surface area contributed by atoms with Crippen molar-refractivity contribution in [2.75, 3.05) is 13.2 Å². The van der Waals surface area contributed by atoms with Crippen LogP contribution in [-0.4, -0.2) is 30.1 Å². The summed E-state index contributed by atoms with van der Waals surface area (Å²) in [6, 6.07) is 8.78. The predicted octanol–water partition coefficient (Wildman–Crippen LogP) is 3.17. The van der Waals surface area contributed by atoms with Crippen molar-refractivity contribution in [3.63, 3.8) is 0 Å². The molecular weight excluding hydrogens is 304 g/mol. The Bertz CT molecular complexity index is 608. The maximum absolute atomic E-state index is 11.9. The molecule has 1 aromatic rings. The molecule has 0 atom stereocenters. The van der Waals surface area contributed by atoms with E-state index in [9.17, 15) is 9.59 Å². The van der Waals surface area contributed by atoms with Crippen molar-refractivity contribution in [3.8, 4) is 0 Å². The minimum absolute atomic E-state index is 0.132. The Hall–Kier alpha value is -2.56. The molecule has 2 N–H and O–H groups in total. The number of hydrogen-bond acceptors (Lipinski definition) is 3. The average molecular weight is 328 g/mol. The van der Waals surface area contributed by atoms with Gasteiger partial charge in [-0.2, -0.15) is 0 Å². The van der Waals surface area contributed by atoms with Gasteiger partial charge in [-0.25, -0.2) is 4.79 Å². The van der Waals surface area contributed by atoms with Crippen molar-refractivity contribution in [2.24, 2.45) is 5.73 Å². The minimum Gasteiger partial charge on any atom is -0.464 e. The summed E-state index contributed by atoms with van der Waals surface area (Å²) in [5, 5.41) is 0. The van der Waals surface area contributed by atoms with E-state index in [2.05, 4.69) is 18.2 Å². The molecule has 24 heavy (non-hydrogen) atoms. The number of amides is 2. The van der Waals surface area contributed by atoms with Crippen LogP contribution in [0.25, 0.3) is 0 Å². The Kier molecular flexibility index (Phi) is 7.08. The summed E-state index contributed by atoms with van der Waals surface area (Å²) in [4.78, 5) is 24.7. The molecule has 0 fully saturated rings. The van der Waals surface area contributed by atoms with Gasteiger partial charge >= 0.3 is 12.0 Å². The van der Waals surface area contributed by atoms with Crippen molar-refractivity contribution in [3.05, 3.63) is 59.7 Å². The van der Waals surface area contributed by atoms with Gasteiger partial charge in [-0.05, 0) is 31.2 Å². The Balaban J connectivity index is 1.71. The van der Waals surface area contributed by atoms with Crippen LogP contribution in [0.3, 0.4) is 0 Å². The van der Waals surface area contributed by atoms with Gasteiger partial charge in [0.1, 0.15) is 6.54 Å². The normalized spacial score (nSPS) is 13.2. The fraction of sp³-hybridized carbons (Fsp3) is 0.368. The summed E-state index contributed by atoms with van der Waals surface area (Å²) in [5.41, 5.74) is 7.56. The van der Waals surface area contributed by atoms with E-state index >= 15 is 0 Å². The average Bonchev–Trinajstić information content (AvgIpc) is 2.60. The molecule has 2 rings (SSSR count). The first-order valence-electron chi connectivity index (χ1n) is 8.24. The number of allylic oxidation sites excluding steroid dienone is 4. The second kappa shape index (κ2) is 9.55. The van der Waals surface area contributed by atoms with E-state index in [1.807, 2.05) is 30.3 Å². The quantitative estimate of drug-likeness (QED) is 0.588. The highest BCUT2D eigenvalue weighted by Gasteiger charge is 2.15. The monoisotopic (exact) mass is 328 g/mol. The molecule has 5 heteroatoms. The Labute approximate surface area is 142 Å². The topological polar surface area (TPSA) is 72.6 Å². The highest BCUT2D eigenvalue weighted by Crippen LogP contribution is 2.14. The highest BCUT2D eigenvalue weighted by atomic mass is 16.5. The molecule has 0 radical (unpaired) electrons. The number of nitrogens with two attached hydrogens (primary N) is 1. The summed E-state index contributed by atoms with van der Waals surface area (Å²) >= 11 is 0. The number of carbonyl (C=O) groups excluding carboxylic acids is 2. The number of hydrogen-bond donors (Lipinski definition) is 1. The van der Waals surface area contributed by atoms with Crippen LogP contribution < -0.4 is 5.73 Å². The first-order chi connectivity index (χ1) is 11.6. The van der Waals surface area contributed by atoms with Gasteiger partial charge < -0.3 is 15.4 Å². The zero-order valence-electron chi connectivity index (χ0n) is 13.8. The smallest absolute Gasteiger partial charge is 0.325 e. The summed E-state index contributed by atoms with van der Waals surface area (Å²) in [6.07, 6.45) is 10.4. The second-order valence-electron chi connectivity index (χ2n) is 5.76. The van der Waals surface area contributed by atoms with Crippen LogP contribution in [-0.2, 0) is 16.1 Å². The molecular formula is C19H24N2O3. The first kappa shape index (κ1) is 17.8. The van der Waals surface area contributed by atoms with Crippen LogP contribution in [0.4, 0.5) is 4.79 Å². The minimum atomic E-state index is -0.631. The number of urea groups is 1. The maximum atomic E-state index is 11.9. The molecule has 1 aliphatic carbocycles. The van der Waals surface area contributed by atoms with E-state index in [0.717, 1.165) is 31.2 Å². The van der Waals surface area contributed by atoms with Gasteiger partial charge in [0, 0.05) is 6.54 Å². The fourth-order valence-corrected chi connectivity index (χ4v) is 2.53. The summed E-state index contributed by atoms with van der Waals surface area (Å²) in [7, 11) is 0. The number of carbonyl (C=O) groups is 2. The summed E-state index contributed by atoms with van der Waals surface area (Å²) in [5.74, 6) is -0.433. The van der Waals surface area contributed by atoms with Crippen molar-refractivity contribution in [2.45, 2.75) is 32.2 Å². The van der Waals surface area contributed by atoms with Crippen molar-refractivity contribution in [1.82, 2.24) is 4.90 Å². The highest BCUT2D eigenvalue weighted by molar-refractivity contribution is 5.79. The number of benzene rings is 1. The molecule has 5 nitrogen and oxygen atoms in total. The fourth-order valence-electron chi connectivity index (χ4n) is 2.53. The van der Waals surface area contributed by atoms with Gasteiger partial charge in [-0.1, -0.05) is 54.1 Å². The van der Waals surface area contributed by atoms with E-state index < -0.39 is 12.0 Å². The lowest BCUT2D eigenvalue weighted by Gasteiger charge is -2.19. The molecule has 0 unspecified atom stereocenters. The molecule has 0 saturated carbocycles. The number of nitrogens with zero attached hydrogens (tertiary/aromatic N) is 1. The third-order valence-corrected chi connectivity index (χ3v) is 3.79. The Morgan fingerprint density at radius 1 is 1.17 bits per heavy atom. The van der Waals surface area contributed by atoms with Crippen molar-refractivity contribution >= 4 is 12.0 Å². The van der Waals surface area contributed by atoms with E-state index in [4.69, 9.17) is 10.5 Å². The molecule has 1 aromatic carbocycles. The van der Waals surface area contributed by atoms with Gasteiger partial charge in [0.15, 0.2) is 0 Å². The van der Waals surface area contributed by atoms with Crippen LogP contribution in [0.2, 0.25) is 0 Å². The van der Waals surface area contributed by atoms with E-state index in [0.29, 0.717) is 13.2 Å². The first-order valence-corrected chi connectivity index (χ1v) is 8.24. The van der Waals surface area contributed by atoms with E-state index in [1.165, 1.54) is 10.5 Å². The molecule has 1 aliphatic rings. The van der Waals surface area contributed by atoms with Crippen molar-refractivity contribution < 1.29 is 14.3 Å². The molecule has 2 amide bonds. The van der Waals surface area contributed by atoms with Gasteiger partial charge in [-0.15, -0.1) is 0 Å². The standard InChI is InChI=1S/C19H24N2O3/c20-19(23)21(14-17-10-5-2-6-11-17)15-18(22)24-13-7-12-16-8-3-1-4-9-16/h2-3,5-6,8-11H,1,4,7,12-15H2,(H2,20,23). The van der Waals surface area contributed by atoms with E-state index in [1.54, 1.807) is 0 Å². The Morgan fingerprint density at radius 2 is 1.96 bits per heavy atom. The van der Waals surface area contributed by atoms with Crippen LogP contribution in [0.1, 0.15) is 31.2 Å². The maximum Gasteiger partial charge on any atom is 0.325 e. The Morgan fingerprint density at radius 3 is 2.62 bits per heavy atom. The lowest BCUT2D eigenvalue weighted by Crippen LogP contribution is -2.39. The van der Waals surface area contributed by atoms with Gasteiger partial charge in [-0.3, -0.25) is 4.79 Å². The molecule has 128 valence electrons. The number of primary amides is 1. The number of rotatable bonds is 8. The van der Waals surface area contributed by atoms with Crippen LogP contribution in [0.15, 0.2) is 54.1 Å². The van der Waals surface area contributed by atoms with Crippen LogP contribution in [0, 0.1) is 0 Å². The lowest BCUT2D eigenvalue weighted by molar-refractivity contribution is -0.144. The van der Waals surface area contributed by atoms with Gasteiger partial charge in [0.2, 0.25) is 0 Å². The van der Waals surface area contributed by atoms with Gasteiger partial charge in [0.25, 0.3) is 0 Å². The van der Waals surface area contributed by atoms with E-state index in [-0.39, 0.29) is 6.54 Å². The third kappa shape index (κ3) is 6.28. The third-order valence-electron chi connectivity index (χ3n) is 3.79. The second-order valence-corrected chi connectivity index (χ2v) is 5.76. The predicted molar refractivity (Wildman–Crippen MR) is 93.1 cm³/mol. The zero-order valence-corrected chi connectivity index (χ0v) is 13.8. The zero-order chi connectivity index (χ0) is 17.2. The molecule has 0 heterocycles. The number of esters is 1. The largest absolute Gasteiger partial charge is 0.464 e. The summed E-state index contributed by atoms with van der Waals surface area (Å²) < 4.78 is 5.21. The summed E-state index contributed by atoms with van der Waals surface area (Å²) in [6.45, 7) is 0.512. The SMILES string of the molecule is NC(=O)N(CC(=O)OCCCC1=CCCC=C1)Cc1ccccc1. The number of ether oxygens (including phenoxy) is 1. The van der Waals surface area contributed by atoms with Crippen LogP contribution >= 0.6 is 0 Å². The van der Waals surface area contributed by atoms with Gasteiger partial charge in [0.05, 0.1) is 6.61 Å². The molecule has 0 aliphatic heterocycles. The lowest BCUT2D eigenvalue weighted by atomic mass is 10.0. The molecule has 0 aromatic heterocycles. The molecule has 0 spiro atoms. The molecule has 0 saturated heterocycles. The van der Waals surface area contributed by atoms with Crippen molar-refractivity contribution in [1.29, 1.82) is 0 Å².